The maximum Gasteiger partial charge on any atom is 0.329 e. The molecule has 1 atom stereocenters. The van der Waals surface area contributed by atoms with Gasteiger partial charge in [-0.25, -0.2) is 9.59 Å². The van der Waals surface area contributed by atoms with E-state index in [4.69, 9.17) is 14.6 Å². The number of likely N-dealkylation sites (tertiary alicyclic amines) is 1. The highest BCUT2D eigenvalue weighted by Gasteiger charge is 2.42. The van der Waals surface area contributed by atoms with Gasteiger partial charge >= 0.3 is 12.0 Å². The van der Waals surface area contributed by atoms with Gasteiger partial charge in [-0.2, -0.15) is 0 Å². The molecule has 0 aromatic heterocycles. The van der Waals surface area contributed by atoms with Crippen LogP contribution in [0.1, 0.15) is 19.8 Å². The zero-order chi connectivity index (χ0) is 14.6. The standard InChI is InChI=1S/C13H22N2O5/c1-13(20-7-11(16)17)8-15(9-13)12(18)14-4-2-10-3-5-19-6-10/h10H,2-9H2,1H3,(H,14,18)(H,16,17). The lowest BCUT2D eigenvalue weighted by atomic mass is 9.97. The van der Waals surface area contributed by atoms with Crippen LogP contribution in [0.25, 0.3) is 0 Å². The SMILES string of the molecule is CC1(OCC(=O)O)CN(C(=O)NCCC2CCOC2)C1. The molecule has 7 heteroatoms. The third-order valence-corrected chi connectivity index (χ3v) is 3.73. The van der Waals surface area contributed by atoms with Gasteiger partial charge < -0.3 is 24.8 Å². The third-order valence-electron chi connectivity index (χ3n) is 3.73. The highest BCUT2D eigenvalue weighted by Crippen LogP contribution is 2.24. The van der Waals surface area contributed by atoms with E-state index in [-0.39, 0.29) is 12.6 Å². The summed E-state index contributed by atoms with van der Waals surface area (Å²) in [4.78, 5) is 23.9. The molecule has 114 valence electrons. The number of nitrogens with zero attached hydrogens (tertiary/aromatic N) is 1. The first-order valence-electron chi connectivity index (χ1n) is 6.95. The van der Waals surface area contributed by atoms with Crippen molar-refractivity contribution in [1.82, 2.24) is 10.2 Å². The Balaban J connectivity index is 1.59. The molecule has 0 aliphatic carbocycles. The number of urea groups is 1. The first-order chi connectivity index (χ1) is 9.48. The average Bonchev–Trinajstić information content (AvgIpc) is 2.86. The normalized spacial score (nSPS) is 24.2. The van der Waals surface area contributed by atoms with Gasteiger partial charge in [0.15, 0.2) is 0 Å². The summed E-state index contributed by atoms with van der Waals surface area (Å²) >= 11 is 0. The molecule has 20 heavy (non-hydrogen) atoms. The largest absolute Gasteiger partial charge is 0.480 e. The molecule has 2 N–H and O–H groups in total. The molecular formula is C13H22N2O5. The van der Waals surface area contributed by atoms with E-state index in [0.29, 0.717) is 25.6 Å². The van der Waals surface area contributed by atoms with Crippen LogP contribution in [0, 0.1) is 5.92 Å². The smallest absolute Gasteiger partial charge is 0.329 e. The number of nitrogens with one attached hydrogen (secondary N) is 1. The number of carboxylic acids is 1. The van der Waals surface area contributed by atoms with Crippen molar-refractivity contribution in [3.63, 3.8) is 0 Å². The van der Waals surface area contributed by atoms with Gasteiger partial charge in [-0.05, 0) is 25.7 Å². The number of rotatable bonds is 6. The summed E-state index contributed by atoms with van der Waals surface area (Å²) in [6.07, 6.45) is 2.01. The summed E-state index contributed by atoms with van der Waals surface area (Å²) in [5.41, 5.74) is -0.533. The molecule has 2 heterocycles. The summed E-state index contributed by atoms with van der Waals surface area (Å²) in [6, 6.07) is -0.111. The number of hydrogen-bond acceptors (Lipinski definition) is 4. The Morgan fingerprint density at radius 1 is 1.50 bits per heavy atom. The van der Waals surface area contributed by atoms with E-state index in [1.165, 1.54) is 0 Å². The Morgan fingerprint density at radius 3 is 2.85 bits per heavy atom. The number of carbonyl (C=O) groups excluding carboxylic acids is 1. The van der Waals surface area contributed by atoms with Crippen LogP contribution in [0.15, 0.2) is 0 Å². The van der Waals surface area contributed by atoms with Gasteiger partial charge in [0, 0.05) is 19.8 Å². The molecule has 0 saturated carbocycles. The maximum absolute atomic E-state index is 11.8. The first kappa shape index (κ1) is 15.1. The molecule has 0 aromatic carbocycles. The van der Waals surface area contributed by atoms with E-state index in [1.807, 2.05) is 6.92 Å². The highest BCUT2D eigenvalue weighted by molar-refractivity contribution is 5.75. The quantitative estimate of drug-likeness (QED) is 0.733. The van der Waals surface area contributed by atoms with Gasteiger partial charge in [0.25, 0.3) is 0 Å². The van der Waals surface area contributed by atoms with E-state index in [0.717, 1.165) is 26.1 Å². The van der Waals surface area contributed by atoms with E-state index in [9.17, 15) is 9.59 Å². The number of aliphatic carboxylic acids is 1. The number of amides is 2. The van der Waals surface area contributed by atoms with Crippen LogP contribution in [0.5, 0.6) is 0 Å². The van der Waals surface area contributed by atoms with Crippen LogP contribution in [-0.2, 0) is 14.3 Å². The van der Waals surface area contributed by atoms with Crippen LogP contribution in [0.3, 0.4) is 0 Å². The summed E-state index contributed by atoms with van der Waals surface area (Å²) in [7, 11) is 0. The number of hydrogen-bond donors (Lipinski definition) is 2. The minimum Gasteiger partial charge on any atom is -0.480 e. The molecule has 0 bridgehead atoms. The molecule has 2 saturated heterocycles. The van der Waals surface area contributed by atoms with E-state index in [2.05, 4.69) is 5.32 Å². The molecule has 2 fully saturated rings. The van der Waals surface area contributed by atoms with Crippen molar-refractivity contribution in [1.29, 1.82) is 0 Å². The zero-order valence-electron chi connectivity index (χ0n) is 11.8. The number of ether oxygens (including phenoxy) is 2. The van der Waals surface area contributed by atoms with Crippen molar-refractivity contribution in [3.05, 3.63) is 0 Å². The maximum atomic E-state index is 11.8. The van der Waals surface area contributed by atoms with Crippen molar-refractivity contribution in [2.24, 2.45) is 5.92 Å². The topological polar surface area (TPSA) is 88.1 Å². The average molecular weight is 286 g/mol. The van der Waals surface area contributed by atoms with Crippen LogP contribution in [0.4, 0.5) is 4.79 Å². The van der Waals surface area contributed by atoms with Crippen molar-refractivity contribution >= 4 is 12.0 Å². The molecule has 7 nitrogen and oxygen atoms in total. The minimum absolute atomic E-state index is 0.111. The van der Waals surface area contributed by atoms with Crippen LogP contribution in [-0.4, -0.2) is 67.1 Å². The second-order valence-electron chi connectivity index (χ2n) is 5.74. The van der Waals surface area contributed by atoms with Crippen molar-refractivity contribution in [3.8, 4) is 0 Å². The number of carboxylic acid groups (broad SMARTS) is 1. The molecule has 2 aliphatic heterocycles. The fourth-order valence-corrected chi connectivity index (χ4v) is 2.54. The fraction of sp³-hybridized carbons (Fsp3) is 0.846. The molecule has 0 spiro atoms. The molecule has 0 radical (unpaired) electrons. The summed E-state index contributed by atoms with van der Waals surface area (Å²) in [5, 5.41) is 11.4. The first-order valence-corrected chi connectivity index (χ1v) is 6.95. The van der Waals surface area contributed by atoms with Gasteiger partial charge in [-0.3, -0.25) is 0 Å². The predicted molar refractivity (Wildman–Crippen MR) is 70.5 cm³/mol. The highest BCUT2D eigenvalue weighted by atomic mass is 16.5. The monoisotopic (exact) mass is 286 g/mol. The molecule has 2 aliphatic rings. The van der Waals surface area contributed by atoms with Crippen LogP contribution < -0.4 is 5.32 Å². The molecule has 0 aromatic rings. The van der Waals surface area contributed by atoms with Crippen LogP contribution in [0.2, 0.25) is 0 Å². The lowest BCUT2D eigenvalue weighted by Crippen LogP contribution is -2.65. The van der Waals surface area contributed by atoms with E-state index >= 15 is 0 Å². The summed E-state index contributed by atoms with van der Waals surface area (Å²) in [6.45, 7) is 4.61. The van der Waals surface area contributed by atoms with Crippen molar-refractivity contribution < 1.29 is 24.2 Å². The van der Waals surface area contributed by atoms with Gasteiger partial charge in [0.2, 0.25) is 0 Å². The molecule has 2 rings (SSSR count). The lowest BCUT2D eigenvalue weighted by Gasteiger charge is -2.47. The predicted octanol–water partition coefficient (Wildman–Crippen LogP) is 0.298. The molecular weight excluding hydrogens is 264 g/mol. The van der Waals surface area contributed by atoms with Crippen molar-refractivity contribution in [2.75, 3.05) is 39.5 Å². The third kappa shape index (κ3) is 4.08. The Hall–Kier alpha value is -1.34. The summed E-state index contributed by atoms with van der Waals surface area (Å²) in [5.74, 6) is -0.441. The summed E-state index contributed by atoms with van der Waals surface area (Å²) < 4.78 is 10.5. The Morgan fingerprint density at radius 2 is 2.25 bits per heavy atom. The lowest BCUT2D eigenvalue weighted by molar-refractivity contribution is -0.159. The minimum atomic E-state index is -0.993. The van der Waals surface area contributed by atoms with E-state index < -0.39 is 11.6 Å². The van der Waals surface area contributed by atoms with Gasteiger partial charge in [-0.15, -0.1) is 0 Å². The van der Waals surface area contributed by atoms with Crippen molar-refractivity contribution in [2.45, 2.75) is 25.4 Å². The van der Waals surface area contributed by atoms with Gasteiger partial charge in [-0.1, -0.05) is 0 Å². The molecule has 1 unspecified atom stereocenters. The molecule has 2 amide bonds. The number of carbonyl (C=O) groups is 2. The Labute approximate surface area is 118 Å². The Kier molecular flexibility index (Phi) is 4.82. The van der Waals surface area contributed by atoms with Crippen LogP contribution >= 0.6 is 0 Å². The van der Waals surface area contributed by atoms with E-state index in [1.54, 1.807) is 4.90 Å². The second-order valence-corrected chi connectivity index (χ2v) is 5.74. The van der Waals surface area contributed by atoms with Gasteiger partial charge in [0.05, 0.1) is 13.1 Å². The zero-order valence-corrected chi connectivity index (χ0v) is 11.8. The second kappa shape index (κ2) is 6.41. The fourth-order valence-electron chi connectivity index (χ4n) is 2.54. The Bertz CT molecular complexity index is 362. The van der Waals surface area contributed by atoms with Gasteiger partial charge in [0.1, 0.15) is 12.2 Å².